The first-order valence-corrected chi connectivity index (χ1v) is 5.41. The third-order valence-electron chi connectivity index (χ3n) is 2.50. The van der Waals surface area contributed by atoms with Crippen molar-refractivity contribution >= 4 is 5.91 Å². The highest BCUT2D eigenvalue weighted by Gasteiger charge is 2.15. The molecule has 1 saturated heterocycles. The largest absolute Gasteiger partial charge is 0.377 e. The van der Waals surface area contributed by atoms with Crippen LogP contribution in [0.2, 0.25) is 0 Å². The lowest BCUT2D eigenvalue weighted by Gasteiger charge is -2.16. The molecule has 4 heteroatoms. The summed E-state index contributed by atoms with van der Waals surface area (Å²) in [6.07, 6.45) is 4.25. The molecule has 0 aromatic rings. The molecule has 4 nitrogen and oxygen atoms in total. The van der Waals surface area contributed by atoms with Gasteiger partial charge in [0.2, 0.25) is 5.91 Å². The number of carbonyl (C=O) groups excluding carboxylic acids is 1. The summed E-state index contributed by atoms with van der Waals surface area (Å²) < 4.78 is 5.44. The van der Waals surface area contributed by atoms with E-state index in [9.17, 15) is 4.79 Å². The quantitative estimate of drug-likeness (QED) is 0.648. The normalized spacial score (nSPS) is 20.2. The van der Waals surface area contributed by atoms with Crippen LogP contribution in [0.25, 0.3) is 0 Å². The number of hydrogen-bond donors (Lipinski definition) is 1. The Bertz CT molecular complexity index is 213. The maximum atomic E-state index is 11.5. The van der Waals surface area contributed by atoms with Crippen molar-refractivity contribution in [3.8, 4) is 0 Å². The van der Waals surface area contributed by atoms with Crippen LogP contribution in [0.15, 0.2) is 12.7 Å². The molecule has 0 spiro atoms. The summed E-state index contributed by atoms with van der Waals surface area (Å²) in [7, 11) is 1.78. The van der Waals surface area contributed by atoms with E-state index in [1.807, 2.05) is 0 Å². The van der Waals surface area contributed by atoms with Crippen molar-refractivity contribution in [3.05, 3.63) is 12.7 Å². The molecule has 0 radical (unpaired) electrons. The lowest BCUT2D eigenvalue weighted by molar-refractivity contribution is -0.128. The fourth-order valence-corrected chi connectivity index (χ4v) is 1.58. The van der Waals surface area contributed by atoms with E-state index in [1.165, 1.54) is 0 Å². The molecule has 1 unspecified atom stereocenters. The molecule has 1 aliphatic rings. The second-order valence-electron chi connectivity index (χ2n) is 3.83. The van der Waals surface area contributed by atoms with E-state index in [-0.39, 0.29) is 5.91 Å². The van der Waals surface area contributed by atoms with Gasteiger partial charge in [-0.25, -0.2) is 0 Å². The number of rotatable bonds is 6. The minimum atomic E-state index is 0.0906. The van der Waals surface area contributed by atoms with Crippen LogP contribution < -0.4 is 5.32 Å². The van der Waals surface area contributed by atoms with Gasteiger partial charge in [0.05, 0.1) is 12.6 Å². The monoisotopic (exact) mass is 212 g/mol. The van der Waals surface area contributed by atoms with Crippen molar-refractivity contribution in [1.29, 1.82) is 0 Å². The number of likely N-dealkylation sites (N-methyl/N-ethyl adjacent to an activating group) is 1. The topological polar surface area (TPSA) is 41.6 Å². The van der Waals surface area contributed by atoms with Crippen LogP contribution in [0.4, 0.5) is 0 Å². The Hall–Kier alpha value is -0.870. The van der Waals surface area contributed by atoms with Crippen LogP contribution in [0, 0.1) is 0 Å². The van der Waals surface area contributed by atoms with Gasteiger partial charge in [-0.15, -0.1) is 6.58 Å². The number of nitrogens with zero attached hydrogens (tertiary/aromatic N) is 1. The van der Waals surface area contributed by atoms with E-state index in [2.05, 4.69) is 11.9 Å². The molecule has 0 aromatic carbocycles. The minimum absolute atomic E-state index is 0.0906. The molecule has 0 aliphatic carbocycles. The zero-order valence-corrected chi connectivity index (χ0v) is 9.37. The standard InChI is InChI=1S/C11H20N2O2/c1-3-6-13(2)11(14)9-12-8-10-5-4-7-15-10/h3,10,12H,1,4-9H2,2H3. The summed E-state index contributed by atoms with van der Waals surface area (Å²) in [5, 5.41) is 3.12. The van der Waals surface area contributed by atoms with Crippen molar-refractivity contribution in [3.63, 3.8) is 0 Å². The number of ether oxygens (including phenoxy) is 1. The Balaban J connectivity index is 2.07. The van der Waals surface area contributed by atoms with Gasteiger partial charge in [0, 0.05) is 26.7 Å². The minimum Gasteiger partial charge on any atom is -0.377 e. The van der Waals surface area contributed by atoms with Crippen molar-refractivity contribution in [2.24, 2.45) is 0 Å². The Morgan fingerprint density at radius 2 is 2.53 bits per heavy atom. The summed E-state index contributed by atoms with van der Waals surface area (Å²) in [5.41, 5.74) is 0. The van der Waals surface area contributed by atoms with Gasteiger partial charge in [-0.05, 0) is 12.8 Å². The predicted molar refractivity (Wildman–Crippen MR) is 59.7 cm³/mol. The van der Waals surface area contributed by atoms with Gasteiger partial charge in [0.15, 0.2) is 0 Å². The number of hydrogen-bond acceptors (Lipinski definition) is 3. The van der Waals surface area contributed by atoms with Crippen molar-refractivity contribution < 1.29 is 9.53 Å². The summed E-state index contributed by atoms with van der Waals surface area (Å²) in [4.78, 5) is 13.1. The first-order valence-electron chi connectivity index (χ1n) is 5.41. The molecule has 1 fully saturated rings. The van der Waals surface area contributed by atoms with Crippen LogP contribution in [0.1, 0.15) is 12.8 Å². The maximum Gasteiger partial charge on any atom is 0.236 e. The van der Waals surface area contributed by atoms with Gasteiger partial charge in [0.1, 0.15) is 0 Å². The van der Waals surface area contributed by atoms with Gasteiger partial charge >= 0.3 is 0 Å². The molecular weight excluding hydrogens is 192 g/mol. The van der Waals surface area contributed by atoms with Gasteiger partial charge < -0.3 is 15.0 Å². The SMILES string of the molecule is C=CCN(C)C(=O)CNCC1CCCO1. The van der Waals surface area contributed by atoms with Gasteiger partial charge in [-0.2, -0.15) is 0 Å². The smallest absolute Gasteiger partial charge is 0.236 e. The van der Waals surface area contributed by atoms with Crippen LogP contribution in [0.5, 0.6) is 0 Å². The molecule has 1 rings (SSSR count). The summed E-state index contributed by atoms with van der Waals surface area (Å²) >= 11 is 0. The Morgan fingerprint density at radius 3 is 3.13 bits per heavy atom. The Labute approximate surface area is 91.3 Å². The molecule has 1 N–H and O–H groups in total. The average molecular weight is 212 g/mol. The summed E-state index contributed by atoms with van der Waals surface area (Å²) in [5.74, 6) is 0.0906. The first kappa shape index (κ1) is 12.2. The maximum absolute atomic E-state index is 11.5. The predicted octanol–water partition coefficient (Wildman–Crippen LogP) is 0.399. The lowest BCUT2D eigenvalue weighted by atomic mass is 10.2. The van der Waals surface area contributed by atoms with Gasteiger partial charge in [-0.3, -0.25) is 4.79 Å². The molecule has 1 heterocycles. The summed E-state index contributed by atoms with van der Waals surface area (Å²) in [6, 6.07) is 0. The molecule has 0 bridgehead atoms. The third-order valence-corrected chi connectivity index (χ3v) is 2.50. The molecule has 15 heavy (non-hydrogen) atoms. The van der Waals surface area contributed by atoms with Crippen molar-refractivity contribution in [1.82, 2.24) is 10.2 Å². The number of carbonyl (C=O) groups is 1. The highest BCUT2D eigenvalue weighted by Crippen LogP contribution is 2.10. The zero-order valence-electron chi connectivity index (χ0n) is 9.37. The second-order valence-corrected chi connectivity index (χ2v) is 3.83. The first-order chi connectivity index (χ1) is 7.24. The molecule has 86 valence electrons. The van der Waals surface area contributed by atoms with Crippen LogP contribution >= 0.6 is 0 Å². The molecule has 1 atom stereocenters. The van der Waals surface area contributed by atoms with E-state index >= 15 is 0 Å². The van der Waals surface area contributed by atoms with Crippen LogP contribution in [-0.2, 0) is 9.53 Å². The van der Waals surface area contributed by atoms with Crippen molar-refractivity contribution in [2.75, 3.05) is 33.3 Å². The average Bonchev–Trinajstić information content (AvgIpc) is 2.71. The van der Waals surface area contributed by atoms with Gasteiger partial charge in [0.25, 0.3) is 0 Å². The fourth-order valence-electron chi connectivity index (χ4n) is 1.58. The second kappa shape index (κ2) is 6.58. The molecular formula is C11H20N2O2. The number of amides is 1. The Kier molecular flexibility index (Phi) is 5.36. The molecule has 1 amide bonds. The van der Waals surface area contributed by atoms with E-state index in [1.54, 1.807) is 18.0 Å². The molecule has 0 saturated carbocycles. The van der Waals surface area contributed by atoms with Crippen LogP contribution in [-0.4, -0.2) is 50.2 Å². The fraction of sp³-hybridized carbons (Fsp3) is 0.727. The number of nitrogens with one attached hydrogen (secondary N) is 1. The van der Waals surface area contributed by atoms with Crippen molar-refractivity contribution in [2.45, 2.75) is 18.9 Å². The highest BCUT2D eigenvalue weighted by molar-refractivity contribution is 5.78. The molecule has 0 aromatic heterocycles. The van der Waals surface area contributed by atoms with Gasteiger partial charge in [-0.1, -0.05) is 6.08 Å². The van der Waals surface area contributed by atoms with E-state index in [0.29, 0.717) is 19.2 Å². The Morgan fingerprint density at radius 1 is 1.73 bits per heavy atom. The molecule has 1 aliphatic heterocycles. The summed E-state index contributed by atoms with van der Waals surface area (Å²) in [6.45, 7) is 6.20. The lowest BCUT2D eigenvalue weighted by Crippen LogP contribution is -2.38. The third kappa shape index (κ3) is 4.44. The zero-order chi connectivity index (χ0) is 11.1. The highest BCUT2D eigenvalue weighted by atomic mass is 16.5. The van der Waals surface area contributed by atoms with E-state index in [4.69, 9.17) is 4.74 Å². The van der Waals surface area contributed by atoms with Crippen LogP contribution in [0.3, 0.4) is 0 Å². The van der Waals surface area contributed by atoms with E-state index in [0.717, 1.165) is 26.0 Å². The van der Waals surface area contributed by atoms with E-state index < -0.39 is 0 Å².